The van der Waals surface area contributed by atoms with Gasteiger partial charge in [0.1, 0.15) is 0 Å². The van der Waals surface area contributed by atoms with Crippen LogP contribution in [0.15, 0.2) is 53.5 Å². The number of halogens is 1. The van der Waals surface area contributed by atoms with E-state index in [0.29, 0.717) is 23.7 Å². The molecule has 1 aliphatic rings. The van der Waals surface area contributed by atoms with E-state index in [-0.39, 0.29) is 30.4 Å². The van der Waals surface area contributed by atoms with Crippen molar-refractivity contribution in [3.05, 3.63) is 59.1 Å². The van der Waals surface area contributed by atoms with E-state index < -0.39 is 0 Å². The number of ketones is 1. The van der Waals surface area contributed by atoms with Crippen LogP contribution in [0.2, 0.25) is 5.02 Å². The number of carbonyl (C=O) groups excluding carboxylic acids is 2. The number of carbonyl (C=O) groups is 2. The zero-order valence-corrected chi connectivity index (χ0v) is 15.7. The molecule has 0 saturated carbocycles. The van der Waals surface area contributed by atoms with Gasteiger partial charge in [0.25, 0.3) is 0 Å². The molecule has 6 nitrogen and oxygen atoms in total. The Hall–Kier alpha value is -2.86. The van der Waals surface area contributed by atoms with Crippen LogP contribution in [-0.2, 0) is 20.9 Å². The molecule has 0 aliphatic carbocycles. The molecule has 0 aromatic heterocycles. The lowest BCUT2D eigenvalue weighted by molar-refractivity contribution is -0.140. The van der Waals surface area contributed by atoms with Crippen LogP contribution in [0.1, 0.15) is 24.8 Å². The highest BCUT2D eigenvalue weighted by Crippen LogP contribution is 2.28. The highest BCUT2D eigenvalue weighted by atomic mass is 35.5. The van der Waals surface area contributed by atoms with Gasteiger partial charge in [0, 0.05) is 23.4 Å². The van der Waals surface area contributed by atoms with E-state index in [4.69, 9.17) is 11.6 Å². The van der Waals surface area contributed by atoms with Gasteiger partial charge in [-0.1, -0.05) is 29.8 Å². The van der Waals surface area contributed by atoms with Crippen LogP contribution in [0.4, 0.5) is 11.4 Å². The van der Waals surface area contributed by atoms with Crippen molar-refractivity contribution in [1.29, 1.82) is 0 Å². The molecular formula is C20H20ClN3O3. The van der Waals surface area contributed by atoms with Gasteiger partial charge >= 0.3 is 5.97 Å². The molecule has 2 aromatic carbocycles. The fraction of sp³-hybridized carbons (Fsp3) is 0.250. The average Bonchev–Trinajstić information content (AvgIpc) is 2.87. The fourth-order valence-corrected chi connectivity index (χ4v) is 2.97. The summed E-state index contributed by atoms with van der Waals surface area (Å²) >= 11 is 6.14. The van der Waals surface area contributed by atoms with Gasteiger partial charge in [0.05, 0.1) is 25.0 Å². The summed E-state index contributed by atoms with van der Waals surface area (Å²) < 4.78 is 4.61. The van der Waals surface area contributed by atoms with Crippen LogP contribution in [-0.4, -0.2) is 24.7 Å². The Morgan fingerprint density at radius 1 is 1.19 bits per heavy atom. The first-order valence-corrected chi connectivity index (χ1v) is 9.01. The molecule has 0 unspecified atom stereocenters. The second-order valence-electron chi connectivity index (χ2n) is 6.12. The van der Waals surface area contributed by atoms with E-state index in [2.05, 4.69) is 15.2 Å². The summed E-state index contributed by atoms with van der Waals surface area (Å²) in [5.41, 5.74) is 5.64. The average molecular weight is 386 g/mol. The number of methoxy groups -OCH3 is 1. The predicted molar refractivity (Wildman–Crippen MR) is 105 cm³/mol. The summed E-state index contributed by atoms with van der Waals surface area (Å²) in [5, 5.41) is 2.48. The van der Waals surface area contributed by atoms with E-state index in [1.54, 1.807) is 12.1 Å². The molecule has 0 radical (unpaired) electrons. The summed E-state index contributed by atoms with van der Waals surface area (Å²) in [6.07, 6.45) is 0.807. The molecule has 0 fully saturated rings. The monoisotopic (exact) mass is 385 g/mol. The minimum Gasteiger partial charge on any atom is -0.469 e. The van der Waals surface area contributed by atoms with Gasteiger partial charge in [-0.05, 0) is 36.8 Å². The molecule has 1 heterocycles. The Balaban J connectivity index is 1.85. The Morgan fingerprint density at radius 3 is 2.70 bits per heavy atom. The molecule has 1 aliphatic heterocycles. The molecule has 7 heteroatoms. The lowest BCUT2D eigenvalue weighted by Gasteiger charge is -2.25. The lowest BCUT2D eigenvalue weighted by atomic mass is 10.1. The Morgan fingerprint density at radius 2 is 1.96 bits per heavy atom. The minimum atomic E-state index is -0.329. The molecule has 0 saturated heterocycles. The molecule has 27 heavy (non-hydrogen) atoms. The Kier molecular flexibility index (Phi) is 6.08. The van der Waals surface area contributed by atoms with Crippen molar-refractivity contribution < 1.29 is 14.3 Å². The van der Waals surface area contributed by atoms with E-state index in [9.17, 15) is 9.59 Å². The maximum absolute atomic E-state index is 12.7. The summed E-state index contributed by atoms with van der Waals surface area (Å²) in [5.74, 6) is -0.253. The molecule has 140 valence electrons. The number of hydrogen-bond acceptors (Lipinski definition) is 6. The number of benzene rings is 2. The maximum atomic E-state index is 12.7. The van der Waals surface area contributed by atoms with Gasteiger partial charge < -0.3 is 4.74 Å². The van der Waals surface area contributed by atoms with Crippen LogP contribution in [0.25, 0.3) is 0 Å². The highest BCUT2D eigenvalue weighted by Gasteiger charge is 2.21. The quantitative estimate of drug-likeness (QED) is 0.765. The highest BCUT2D eigenvalue weighted by molar-refractivity contribution is 6.39. The summed E-state index contributed by atoms with van der Waals surface area (Å²) in [7, 11) is 1.33. The van der Waals surface area contributed by atoms with E-state index in [1.807, 2.05) is 41.4 Å². The molecular weight excluding hydrogens is 366 g/mol. The third-order valence-corrected chi connectivity index (χ3v) is 4.42. The molecule has 0 atom stereocenters. The lowest BCUT2D eigenvalue weighted by Crippen LogP contribution is -2.44. The third kappa shape index (κ3) is 4.86. The van der Waals surface area contributed by atoms with Crippen molar-refractivity contribution in [2.45, 2.75) is 25.8 Å². The number of hydrazine groups is 1. The van der Waals surface area contributed by atoms with Gasteiger partial charge in [0.2, 0.25) is 0 Å². The number of nitrogens with zero attached hydrogens (tertiary/aromatic N) is 2. The maximum Gasteiger partial charge on any atom is 0.305 e. The molecule has 3 rings (SSSR count). The summed E-state index contributed by atoms with van der Waals surface area (Å²) in [6.45, 7) is 0.502. The number of Topliss-reactive ketones (excluding diaryl/α,β-unsaturated/α-hetero) is 1. The summed E-state index contributed by atoms with van der Waals surface area (Å²) in [6, 6.07) is 15.1. The summed E-state index contributed by atoms with van der Waals surface area (Å²) in [4.78, 5) is 28.4. The predicted octanol–water partition coefficient (Wildman–Crippen LogP) is 3.81. The van der Waals surface area contributed by atoms with Crippen molar-refractivity contribution in [3.8, 4) is 0 Å². The normalized spacial score (nSPS) is 13.1. The second-order valence-corrected chi connectivity index (χ2v) is 6.56. The molecule has 0 amide bonds. The van der Waals surface area contributed by atoms with Crippen LogP contribution in [0.5, 0.6) is 0 Å². The van der Waals surface area contributed by atoms with Gasteiger partial charge in [-0.3, -0.25) is 20.0 Å². The largest absolute Gasteiger partial charge is 0.469 e. The molecule has 1 N–H and O–H groups in total. The number of hydrogen-bond donors (Lipinski definition) is 1. The van der Waals surface area contributed by atoms with Gasteiger partial charge in [-0.2, -0.15) is 0 Å². The van der Waals surface area contributed by atoms with Gasteiger partial charge in [-0.25, -0.2) is 4.99 Å². The van der Waals surface area contributed by atoms with Crippen LogP contribution in [0, 0.1) is 0 Å². The number of rotatable bonds is 6. The third-order valence-electron chi connectivity index (χ3n) is 4.19. The van der Waals surface area contributed by atoms with Crippen LogP contribution in [0.3, 0.4) is 0 Å². The smallest absolute Gasteiger partial charge is 0.305 e. The number of nitrogens with one attached hydrogen (secondary N) is 1. The van der Waals surface area contributed by atoms with Crippen LogP contribution >= 0.6 is 11.6 Å². The number of aliphatic imine (C=N–C) groups is 1. The molecule has 2 aromatic rings. The first kappa shape index (κ1) is 18.9. The first-order chi connectivity index (χ1) is 13.1. The number of ether oxygens (including phenoxy) is 1. The number of para-hydroxylation sites is 1. The zero-order chi connectivity index (χ0) is 19.2. The van der Waals surface area contributed by atoms with Gasteiger partial charge in [0.15, 0.2) is 11.6 Å². The second kappa shape index (κ2) is 8.68. The first-order valence-electron chi connectivity index (χ1n) is 8.63. The van der Waals surface area contributed by atoms with Crippen molar-refractivity contribution in [1.82, 2.24) is 5.43 Å². The van der Waals surface area contributed by atoms with Crippen LogP contribution < -0.4 is 10.4 Å². The van der Waals surface area contributed by atoms with Crippen molar-refractivity contribution in [2.24, 2.45) is 4.99 Å². The van der Waals surface area contributed by atoms with Crippen molar-refractivity contribution >= 4 is 40.6 Å². The molecule has 0 bridgehead atoms. The van der Waals surface area contributed by atoms with Crippen molar-refractivity contribution in [3.63, 3.8) is 0 Å². The van der Waals surface area contributed by atoms with Crippen molar-refractivity contribution in [2.75, 3.05) is 12.1 Å². The standard InChI is InChI=1S/C20H20ClN3O3/c1-27-19(26)9-5-8-18(25)20-22-17-11-10-15(21)12-14(17)13-24(23-20)16-6-3-2-4-7-16/h2-4,6-7,10-12H,5,8-9,13H2,1H3,(H,22,23). The number of amidine groups is 1. The number of anilines is 1. The minimum absolute atomic E-state index is 0.164. The number of fused-ring (bicyclic) bond motifs is 1. The zero-order valence-electron chi connectivity index (χ0n) is 14.9. The fourth-order valence-electron chi connectivity index (χ4n) is 2.78. The van der Waals surface area contributed by atoms with E-state index in [1.165, 1.54) is 7.11 Å². The number of esters is 1. The van der Waals surface area contributed by atoms with E-state index in [0.717, 1.165) is 11.3 Å². The Labute approximate surface area is 162 Å². The SMILES string of the molecule is COC(=O)CCCC(=O)C1=Nc2ccc(Cl)cc2CN(c2ccccc2)N1. The van der Waals surface area contributed by atoms with Gasteiger partial charge in [-0.15, -0.1) is 0 Å². The molecule has 0 spiro atoms. The topological polar surface area (TPSA) is 71.0 Å². The Bertz CT molecular complexity index is 868. The van der Waals surface area contributed by atoms with E-state index >= 15 is 0 Å².